The van der Waals surface area contributed by atoms with E-state index in [-0.39, 0.29) is 0 Å². The molecule has 0 N–H and O–H groups in total. The quantitative estimate of drug-likeness (QED) is 0.392. The first-order chi connectivity index (χ1) is 9.65. The predicted molar refractivity (Wildman–Crippen MR) is 91.8 cm³/mol. The van der Waals surface area contributed by atoms with E-state index >= 15 is 0 Å². The van der Waals surface area contributed by atoms with Crippen molar-refractivity contribution in [2.24, 2.45) is 11.8 Å². The third kappa shape index (κ3) is 6.93. The van der Waals surface area contributed by atoms with Gasteiger partial charge in [-0.25, -0.2) is 0 Å². The molecule has 1 rings (SSSR count). The summed E-state index contributed by atoms with van der Waals surface area (Å²) in [7, 11) is 0. The first-order valence-electron chi connectivity index (χ1n) is 8.26. The van der Waals surface area contributed by atoms with Gasteiger partial charge < -0.3 is 0 Å². The SMILES string of the molecule is C=CC(=C)CCCC1CCC(CCCC(=C)C=C)CC1. The van der Waals surface area contributed by atoms with Crippen molar-refractivity contribution in [3.05, 3.63) is 49.6 Å². The third-order valence-electron chi connectivity index (χ3n) is 4.76. The molecular formula is C20H32. The Hall–Kier alpha value is -1.04. The van der Waals surface area contributed by atoms with Gasteiger partial charge in [-0.1, -0.05) is 88.1 Å². The molecule has 0 amide bonds. The second-order valence-corrected chi connectivity index (χ2v) is 6.40. The van der Waals surface area contributed by atoms with Crippen molar-refractivity contribution in [1.29, 1.82) is 0 Å². The van der Waals surface area contributed by atoms with Gasteiger partial charge in [0, 0.05) is 0 Å². The Morgan fingerprint density at radius 1 is 0.750 bits per heavy atom. The lowest BCUT2D eigenvalue weighted by Crippen LogP contribution is -2.14. The van der Waals surface area contributed by atoms with Crippen LogP contribution in [0.1, 0.15) is 64.2 Å². The van der Waals surface area contributed by atoms with Gasteiger partial charge in [-0.15, -0.1) is 0 Å². The number of hydrogen-bond donors (Lipinski definition) is 0. The summed E-state index contributed by atoms with van der Waals surface area (Å²) >= 11 is 0. The van der Waals surface area contributed by atoms with Gasteiger partial charge >= 0.3 is 0 Å². The van der Waals surface area contributed by atoms with E-state index in [2.05, 4.69) is 26.3 Å². The smallest absolute Gasteiger partial charge is 0.0285 e. The van der Waals surface area contributed by atoms with Crippen LogP contribution >= 0.6 is 0 Å². The van der Waals surface area contributed by atoms with Crippen LogP contribution in [0.15, 0.2) is 49.6 Å². The van der Waals surface area contributed by atoms with Gasteiger partial charge in [0.05, 0.1) is 0 Å². The van der Waals surface area contributed by atoms with E-state index in [1.54, 1.807) is 0 Å². The van der Waals surface area contributed by atoms with Gasteiger partial charge in [0.2, 0.25) is 0 Å². The second-order valence-electron chi connectivity index (χ2n) is 6.40. The Labute approximate surface area is 126 Å². The first kappa shape index (κ1) is 17.0. The van der Waals surface area contributed by atoms with E-state index < -0.39 is 0 Å². The molecule has 0 nitrogen and oxygen atoms in total. The summed E-state index contributed by atoms with van der Waals surface area (Å²) in [6.45, 7) is 15.5. The minimum Gasteiger partial charge on any atom is -0.0988 e. The zero-order valence-corrected chi connectivity index (χ0v) is 13.2. The molecule has 0 aromatic rings. The molecule has 1 saturated carbocycles. The molecule has 1 aliphatic rings. The average Bonchev–Trinajstić information content (AvgIpc) is 2.48. The molecule has 0 heterocycles. The molecule has 0 aromatic carbocycles. The van der Waals surface area contributed by atoms with Crippen LogP contribution < -0.4 is 0 Å². The highest BCUT2D eigenvalue weighted by Gasteiger charge is 2.20. The van der Waals surface area contributed by atoms with Crippen molar-refractivity contribution in [3.63, 3.8) is 0 Å². The van der Waals surface area contributed by atoms with E-state index in [9.17, 15) is 0 Å². The lowest BCUT2D eigenvalue weighted by Gasteiger charge is -2.28. The number of hydrogen-bond acceptors (Lipinski definition) is 0. The van der Waals surface area contributed by atoms with Crippen molar-refractivity contribution in [1.82, 2.24) is 0 Å². The molecule has 0 spiro atoms. The summed E-state index contributed by atoms with van der Waals surface area (Å²) in [4.78, 5) is 0. The van der Waals surface area contributed by atoms with Crippen LogP contribution in [0.4, 0.5) is 0 Å². The fraction of sp³-hybridized carbons (Fsp3) is 0.600. The molecule has 0 bridgehead atoms. The normalized spacial score (nSPS) is 22.2. The number of allylic oxidation sites excluding steroid dienone is 4. The highest BCUT2D eigenvalue weighted by Crippen LogP contribution is 2.34. The van der Waals surface area contributed by atoms with Crippen LogP contribution in [-0.4, -0.2) is 0 Å². The summed E-state index contributed by atoms with van der Waals surface area (Å²) in [6.07, 6.45) is 17.2. The van der Waals surface area contributed by atoms with Crippen LogP contribution in [0.25, 0.3) is 0 Å². The van der Waals surface area contributed by atoms with Crippen LogP contribution in [0.2, 0.25) is 0 Å². The molecule has 1 fully saturated rings. The van der Waals surface area contributed by atoms with Gasteiger partial charge in [0.25, 0.3) is 0 Å². The summed E-state index contributed by atoms with van der Waals surface area (Å²) in [5, 5.41) is 0. The van der Waals surface area contributed by atoms with Gasteiger partial charge in [-0.05, 0) is 37.5 Å². The van der Waals surface area contributed by atoms with Crippen LogP contribution in [0, 0.1) is 11.8 Å². The van der Waals surface area contributed by atoms with E-state index in [1.807, 2.05) is 12.2 Å². The molecule has 20 heavy (non-hydrogen) atoms. The van der Waals surface area contributed by atoms with Crippen LogP contribution in [0.3, 0.4) is 0 Å². The fourth-order valence-corrected chi connectivity index (χ4v) is 3.25. The lowest BCUT2D eigenvalue weighted by molar-refractivity contribution is 0.247. The van der Waals surface area contributed by atoms with Gasteiger partial charge in [-0.2, -0.15) is 0 Å². The van der Waals surface area contributed by atoms with Crippen molar-refractivity contribution in [2.75, 3.05) is 0 Å². The van der Waals surface area contributed by atoms with Crippen molar-refractivity contribution in [3.8, 4) is 0 Å². The topological polar surface area (TPSA) is 0 Å². The van der Waals surface area contributed by atoms with Crippen molar-refractivity contribution in [2.45, 2.75) is 64.2 Å². The Kier molecular flexibility index (Phi) is 8.34. The largest absolute Gasteiger partial charge is 0.0988 e. The Bertz CT molecular complexity index is 292. The van der Waals surface area contributed by atoms with Crippen LogP contribution in [0.5, 0.6) is 0 Å². The van der Waals surface area contributed by atoms with E-state index in [4.69, 9.17) is 0 Å². The number of rotatable bonds is 10. The summed E-state index contributed by atoms with van der Waals surface area (Å²) < 4.78 is 0. The van der Waals surface area contributed by atoms with Gasteiger partial charge in [0.1, 0.15) is 0 Å². The molecule has 0 aliphatic heterocycles. The van der Waals surface area contributed by atoms with E-state index in [1.165, 1.54) is 62.5 Å². The first-order valence-corrected chi connectivity index (χ1v) is 8.26. The van der Waals surface area contributed by atoms with Crippen molar-refractivity contribution >= 4 is 0 Å². The molecule has 1 aliphatic carbocycles. The predicted octanol–water partition coefficient (Wildman–Crippen LogP) is 6.62. The van der Waals surface area contributed by atoms with Crippen LogP contribution in [-0.2, 0) is 0 Å². The summed E-state index contributed by atoms with van der Waals surface area (Å²) in [5.41, 5.74) is 2.39. The molecule has 0 aromatic heterocycles. The van der Waals surface area contributed by atoms with E-state index in [0.29, 0.717) is 0 Å². The highest BCUT2D eigenvalue weighted by atomic mass is 14.3. The van der Waals surface area contributed by atoms with Gasteiger partial charge in [0.15, 0.2) is 0 Å². The van der Waals surface area contributed by atoms with Gasteiger partial charge in [-0.3, -0.25) is 0 Å². The molecule has 112 valence electrons. The highest BCUT2D eigenvalue weighted by molar-refractivity contribution is 5.10. The molecule has 0 radical (unpaired) electrons. The maximum atomic E-state index is 3.99. The molecule has 0 unspecified atom stereocenters. The Balaban J connectivity index is 2.07. The Morgan fingerprint density at radius 2 is 1.10 bits per heavy atom. The fourth-order valence-electron chi connectivity index (χ4n) is 3.25. The third-order valence-corrected chi connectivity index (χ3v) is 4.76. The van der Waals surface area contributed by atoms with Crippen molar-refractivity contribution < 1.29 is 0 Å². The monoisotopic (exact) mass is 272 g/mol. The van der Waals surface area contributed by atoms with E-state index in [0.717, 1.165) is 24.7 Å². The second kappa shape index (κ2) is 9.80. The summed E-state index contributed by atoms with van der Waals surface area (Å²) in [5.74, 6) is 1.93. The minimum absolute atomic E-state index is 0.965. The average molecular weight is 272 g/mol. The molecular weight excluding hydrogens is 240 g/mol. The zero-order chi connectivity index (χ0) is 14.8. The maximum absolute atomic E-state index is 3.99. The summed E-state index contributed by atoms with van der Waals surface area (Å²) in [6, 6.07) is 0. The lowest BCUT2D eigenvalue weighted by atomic mass is 9.78. The molecule has 0 heteroatoms. The molecule has 0 saturated heterocycles. The standard InChI is InChI=1S/C20H32/c1-5-17(3)9-7-11-19-13-15-20(16-14-19)12-8-10-18(4)6-2/h5-6,19-20H,1-4,7-16H2. The zero-order valence-electron chi connectivity index (χ0n) is 13.2. The maximum Gasteiger partial charge on any atom is -0.0285 e. The minimum atomic E-state index is 0.965. The Morgan fingerprint density at radius 3 is 1.40 bits per heavy atom. The molecule has 0 atom stereocenters.